The SMILES string of the molecule is C=C[C@H]1C[C@]1(CC(=O)C1C[C@@H]2CN1C(=O)C(C(C)(C)C)CC(=O)OCCCC[C@H](O)c1ccc3ccnc(c3c1)O2)C(=O)NS(=O)(=O)C1CC1. The number of hydrogen-bond donors (Lipinski definition) is 2. The molecule has 2 saturated carbocycles. The van der Waals surface area contributed by atoms with Crippen molar-refractivity contribution in [2.45, 2.75) is 102 Å². The molecule has 2 N–H and O–H groups in total. The Bertz CT molecular complexity index is 1800. The number of rotatable bonds is 7. The highest BCUT2D eigenvalue weighted by atomic mass is 32.2. The fourth-order valence-electron chi connectivity index (χ4n) is 7.34. The molecular weight excluding hydrogens is 662 g/mol. The Morgan fingerprint density at radius 2 is 1.92 bits per heavy atom. The summed E-state index contributed by atoms with van der Waals surface area (Å²) >= 11 is 0. The van der Waals surface area contributed by atoms with Crippen LogP contribution in [0.1, 0.15) is 90.2 Å². The summed E-state index contributed by atoms with van der Waals surface area (Å²) in [5.41, 5.74) is -1.28. The van der Waals surface area contributed by atoms with E-state index in [9.17, 15) is 32.7 Å². The average Bonchev–Trinajstić information content (AvgIpc) is 3.99. The van der Waals surface area contributed by atoms with E-state index in [2.05, 4.69) is 16.3 Å². The number of benzene rings is 1. The molecule has 4 bridgehead atoms. The molecule has 13 heteroatoms. The second-order valence-corrected chi connectivity index (χ2v) is 17.4. The number of aliphatic hydroxyl groups is 1. The minimum absolute atomic E-state index is 0.0252. The number of aliphatic hydroxyl groups excluding tert-OH is 1. The van der Waals surface area contributed by atoms with Crippen molar-refractivity contribution < 1.29 is 42.2 Å². The standard InChI is InChI=1S/C37H47N3O9S/c1-5-24-19-37(24,35(45)39-50(46,47)26-11-12-26)20-31(42)29-17-25-21-40(29)34(44)28(36(2,3)4)18-32(43)48-15-7-6-8-30(41)23-10-9-22-13-14-38-33(49-25)27(22)16-23/h5,9-10,13-14,16,24-26,28-30,41H,1,6-8,11-12,15,17-21H2,2-4H3,(H,39,45)/t24-,25+,28?,29?,30-,37+/m0/s1. The zero-order valence-electron chi connectivity index (χ0n) is 28.9. The molecule has 1 saturated heterocycles. The van der Waals surface area contributed by atoms with Crippen LogP contribution in [0.3, 0.4) is 0 Å². The predicted molar refractivity (Wildman–Crippen MR) is 184 cm³/mol. The number of ether oxygens (including phenoxy) is 2. The first-order valence-electron chi connectivity index (χ1n) is 17.5. The third-order valence-corrected chi connectivity index (χ3v) is 12.6. The van der Waals surface area contributed by atoms with E-state index in [1.807, 2.05) is 45.0 Å². The molecule has 2 aromatic rings. The summed E-state index contributed by atoms with van der Waals surface area (Å²) in [5.74, 6) is -2.98. The number of carbonyl (C=O) groups excluding carboxylic acids is 4. The summed E-state index contributed by atoms with van der Waals surface area (Å²) in [6.45, 7) is 9.54. The average molecular weight is 710 g/mol. The number of ketones is 1. The minimum atomic E-state index is -3.85. The Kier molecular flexibility index (Phi) is 9.86. The number of fused-ring (bicyclic) bond motifs is 3. The van der Waals surface area contributed by atoms with Crippen molar-refractivity contribution in [3.8, 4) is 5.88 Å². The van der Waals surface area contributed by atoms with Crippen molar-refractivity contribution in [2.75, 3.05) is 13.2 Å². The number of Topliss-reactive ketones (excluding diaryl/α,β-unsaturated/α-hetero) is 1. The number of aromatic nitrogens is 1. The van der Waals surface area contributed by atoms with Crippen molar-refractivity contribution in [1.29, 1.82) is 0 Å². The summed E-state index contributed by atoms with van der Waals surface area (Å²) in [4.78, 5) is 61.3. The van der Waals surface area contributed by atoms with Crippen LogP contribution in [0.2, 0.25) is 0 Å². The molecule has 50 heavy (non-hydrogen) atoms. The van der Waals surface area contributed by atoms with Crippen molar-refractivity contribution in [2.24, 2.45) is 22.7 Å². The molecule has 1 aromatic heterocycles. The number of nitrogens with zero attached hydrogens (tertiary/aromatic N) is 2. The summed E-state index contributed by atoms with van der Waals surface area (Å²) < 4.78 is 39.6. The molecule has 2 amide bonds. The van der Waals surface area contributed by atoms with Gasteiger partial charge in [0.2, 0.25) is 27.7 Å². The molecular formula is C37H47N3O9S. The highest BCUT2D eigenvalue weighted by Gasteiger charge is 2.61. The second kappa shape index (κ2) is 13.7. The largest absolute Gasteiger partial charge is 0.472 e. The molecule has 2 aliphatic carbocycles. The molecule has 270 valence electrons. The van der Waals surface area contributed by atoms with E-state index in [0.29, 0.717) is 48.9 Å². The molecule has 12 nitrogen and oxygen atoms in total. The van der Waals surface area contributed by atoms with Gasteiger partial charge in [-0.25, -0.2) is 13.4 Å². The predicted octanol–water partition coefficient (Wildman–Crippen LogP) is 4.16. The van der Waals surface area contributed by atoms with Crippen LogP contribution in [0.15, 0.2) is 43.1 Å². The van der Waals surface area contributed by atoms with E-state index in [1.165, 1.54) is 4.90 Å². The molecule has 6 rings (SSSR count). The highest BCUT2D eigenvalue weighted by Crippen LogP contribution is 2.57. The van der Waals surface area contributed by atoms with Gasteiger partial charge in [0.1, 0.15) is 6.10 Å². The lowest BCUT2D eigenvalue weighted by atomic mass is 9.77. The van der Waals surface area contributed by atoms with Gasteiger partial charge in [-0.2, -0.15) is 0 Å². The van der Waals surface area contributed by atoms with Gasteiger partial charge in [-0.05, 0) is 72.9 Å². The topological polar surface area (TPSA) is 169 Å². The molecule has 3 fully saturated rings. The smallest absolute Gasteiger partial charge is 0.306 e. The molecule has 6 atom stereocenters. The van der Waals surface area contributed by atoms with Crippen LogP contribution < -0.4 is 9.46 Å². The third-order valence-electron chi connectivity index (χ3n) is 10.7. The maximum Gasteiger partial charge on any atom is 0.306 e. The fourth-order valence-corrected chi connectivity index (χ4v) is 8.73. The highest BCUT2D eigenvalue weighted by molar-refractivity contribution is 7.90. The van der Waals surface area contributed by atoms with E-state index in [4.69, 9.17) is 9.47 Å². The van der Waals surface area contributed by atoms with E-state index >= 15 is 0 Å². The van der Waals surface area contributed by atoms with E-state index < -0.39 is 79.8 Å². The summed E-state index contributed by atoms with van der Waals surface area (Å²) in [6, 6.07) is 6.40. The number of pyridine rings is 1. The maximum atomic E-state index is 14.5. The monoisotopic (exact) mass is 709 g/mol. The zero-order valence-corrected chi connectivity index (χ0v) is 29.7. The summed E-state index contributed by atoms with van der Waals surface area (Å²) in [5, 5.41) is 11.9. The molecule has 0 radical (unpaired) electrons. The number of amides is 2. The molecule has 1 aromatic carbocycles. The minimum Gasteiger partial charge on any atom is -0.472 e. The van der Waals surface area contributed by atoms with Crippen molar-refractivity contribution in [1.82, 2.24) is 14.6 Å². The number of nitrogens with one attached hydrogen (secondary N) is 1. The quantitative estimate of drug-likeness (QED) is 0.315. The first-order valence-corrected chi connectivity index (χ1v) is 19.1. The normalized spacial score (nSPS) is 29.4. The lowest BCUT2D eigenvalue weighted by molar-refractivity contribution is -0.153. The molecule has 2 aliphatic heterocycles. The fraction of sp³-hybridized carbons (Fsp3) is 0.595. The van der Waals surface area contributed by atoms with Gasteiger partial charge in [0, 0.05) is 24.4 Å². The van der Waals surface area contributed by atoms with E-state index in [-0.39, 0.29) is 38.8 Å². The summed E-state index contributed by atoms with van der Waals surface area (Å²) in [7, 11) is -3.85. The van der Waals surface area contributed by atoms with Crippen LogP contribution in [0.5, 0.6) is 5.88 Å². The lowest BCUT2D eigenvalue weighted by Gasteiger charge is -2.34. The van der Waals surface area contributed by atoms with Crippen LogP contribution in [0.25, 0.3) is 10.8 Å². The van der Waals surface area contributed by atoms with Gasteiger partial charge in [0.05, 0.1) is 48.3 Å². The number of allylic oxidation sites excluding steroid dienone is 1. The first kappa shape index (κ1) is 36.0. The van der Waals surface area contributed by atoms with Gasteiger partial charge in [-0.15, -0.1) is 6.58 Å². The van der Waals surface area contributed by atoms with Crippen LogP contribution in [0, 0.1) is 22.7 Å². The molecule has 4 aliphatic rings. The van der Waals surface area contributed by atoms with E-state index in [0.717, 1.165) is 5.39 Å². The molecule has 2 unspecified atom stereocenters. The van der Waals surface area contributed by atoms with Crippen molar-refractivity contribution >= 4 is 44.4 Å². The van der Waals surface area contributed by atoms with Crippen LogP contribution >= 0.6 is 0 Å². The number of sulfonamides is 1. The second-order valence-electron chi connectivity index (χ2n) is 15.5. The third kappa shape index (κ3) is 7.44. The van der Waals surface area contributed by atoms with Crippen LogP contribution in [0.4, 0.5) is 0 Å². The van der Waals surface area contributed by atoms with Crippen LogP contribution in [-0.2, 0) is 33.9 Å². The Hall–Kier alpha value is -3.84. The van der Waals surface area contributed by atoms with Crippen LogP contribution in [-0.4, -0.2) is 77.5 Å². The Morgan fingerprint density at radius 3 is 2.60 bits per heavy atom. The van der Waals surface area contributed by atoms with Gasteiger partial charge >= 0.3 is 5.97 Å². The van der Waals surface area contributed by atoms with E-state index in [1.54, 1.807) is 12.3 Å². The van der Waals surface area contributed by atoms with Gasteiger partial charge in [0.25, 0.3) is 0 Å². The molecule has 0 spiro atoms. The number of carbonyl (C=O) groups is 4. The Morgan fingerprint density at radius 1 is 1.16 bits per heavy atom. The first-order chi connectivity index (χ1) is 23.6. The Labute approximate surface area is 293 Å². The van der Waals surface area contributed by atoms with Gasteiger partial charge in [-0.1, -0.05) is 39.0 Å². The Balaban J connectivity index is 1.33. The number of hydrogen-bond acceptors (Lipinski definition) is 10. The van der Waals surface area contributed by atoms with Gasteiger partial charge < -0.3 is 19.5 Å². The zero-order chi connectivity index (χ0) is 36.0. The van der Waals surface area contributed by atoms with Crippen molar-refractivity contribution in [3.63, 3.8) is 0 Å². The number of esters is 1. The summed E-state index contributed by atoms with van der Waals surface area (Å²) in [6.07, 6.45) is 4.22. The molecule has 3 heterocycles. The van der Waals surface area contributed by atoms with Gasteiger partial charge in [-0.3, -0.25) is 23.9 Å². The number of cyclic esters (lactones) is 1. The van der Waals surface area contributed by atoms with Gasteiger partial charge in [0.15, 0.2) is 5.78 Å². The van der Waals surface area contributed by atoms with Crippen molar-refractivity contribution in [3.05, 3.63) is 48.7 Å². The lowest BCUT2D eigenvalue weighted by Crippen LogP contribution is -2.48. The maximum absolute atomic E-state index is 14.5.